The number of hydrogen-bond acceptors (Lipinski definition) is 2. The maximum atomic E-state index is 5.84. The van der Waals surface area contributed by atoms with E-state index in [1.165, 1.54) is 0 Å². The standard InChI is InChI=1S/C9H12ClNS/c1-2-3-12-9-5-7(10)4-8(11)6-9/h4-6H,2-3,11H2,1H3. The number of benzene rings is 1. The molecule has 0 saturated heterocycles. The highest BCUT2D eigenvalue weighted by Gasteiger charge is 1.96. The van der Waals surface area contributed by atoms with Gasteiger partial charge in [0.05, 0.1) is 0 Å². The van der Waals surface area contributed by atoms with E-state index in [0.29, 0.717) is 5.02 Å². The minimum absolute atomic E-state index is 0.716. The van der Waals surface area contributed by atoms with Crippen molar-refractivity contribution in [1.82, 2.24) is 0 Å². The largest absolute Gasteiger partial charge is 0.399 e. The molecule has 0 amide bonds. The van der Waals surface area contributed by atoms with Crippen LogP contribution in [0.25, 0.3) is 0 Å². The van der Waals surface area contributed by atoms with E-state index in [1.54, 1.807) is 17.8 Å². The van der Waals surface area contributed by atoms with Crippen molar-refractivity contribution in [2.75, 3.05) is 11.5 Å². The molecule has 2 N–H and O–H groups in total. The van der Waals surface area contributed by atoms with E-state index in [9.17, 15) is 0 Å². The van der Waals surface area contributed by atoms with Gasteiger partial charge in [-0.15, -0.1) is 11.8 Å². The summed E-state index contributed by atoms with van der Waals surface area (Å²) in [5.74, 6) is 1.11. The van der Waals surface area contributed by atoms with Crippen molar-refractivity contribution < 1.29 is 0 Å². The summed E-state index contributed by atoms with van der Waals surface area (Å²) in [5, 5.41) is 0.716. The Morgan fingerprint density at radius 2 is 2.17 bits per heavy atom. The first-order chi connectivity index (χ1) is 5.72. The Kier molecular flexibility index (Phi) is 3.76. The van der Waals surface area contributed by atoms with Crippen LogP contribution in [0, 0.1) is 0 Å². The fourth-order valence-electron chi connectivity index (χ4n) is 0.888. The molecule has 0 radical (unpaired) electrons. The molecule has 0 fully saturated rings. The molecule has 0 atom stereocenters. The zero-order valence-electron chi connectivity index (χ0n) is 7.01. The summed E-state index contributed by atoms with van der Waals surface area (Å²) in [4.78, 5) is 1.15. The third kappa shape index (κ3) is 2.95. The third-order valence-corrected chi connectivity index (χ3v) is 2.77. The average Bonchev–Trinajstić information content (AvgIpc) is 1.99. The van der Waals surface area contributed by atoms with Crippen LogP contribution in [0.15, 0.2) is 23.1 Å². The number of nitrogens with two attached hydrogens (primary N) is 1. The van der Waals surface area contributed by atoms with Gasteiger partial charge in [-0.25, -0.2) is 0 Å². The van der Waals surface area contributed by atoms with Gasteiger partial charge in [0.25, 0.3) is 0 Å². The van der Waals surface area contributed by atoms with Crippen LogP contribution in [0.3, 0.4) is 0 Å². The molecule has 0 aromatic heterocycles. The van der Waals surface area contributed by atoms with Crippen molar-refractivity contribution in [1.29, 1.82) is 0 Å². The molecule has 0 aliphatic carbocycles. The molecule has 0 unspecified atom stereocenters. The van der Waals surface area contributed by atoms with Gasteiger partial charge >= 0.3 is 0 Å². The van der Waals surface area contributed by atoms with Gasteiger partial charge in [-0.05, 0) is 30.4 Å². The van der Waals surface area contributed by atoms with Gasteiger partial charge in [0.1, 0.15) is 0 Å². The zero-order valence-corrected chi connectivity index (χ0v) is 8.58. The molecule has 66 valence electrons. The van der Waals surface area contributed by atoms with E-state index in [-0.39, 0.29) is 0 Å². The SMILES string of the molecule is CCCSc1cc(N)cc(Cl)c1. The van der Waals surface area contributed by atoms with Gasteiger partial charge in [0, 0.05) is 15.6 Å². The molecular formula is C9H12ClNS. The van der Waals surface area contributed by atoms with Crippen molar-refractivity contribution in [2.24, 2.45) is 0 Å². The highest BCUT2D eigenvalue weighted by Crippen LogP contribution is 2.25. The molecule has 3 heteroatoms. The van der Waals surface area contributed by atoms with Gasteiger partial charge in [-0.3, -0.25) is 0 Å². The zero-order chi connectivity index (χ0) is 8.97. The number of thioether (sulfide) groups is 1. The Hall–Kier alpha value is -0.340. The lowest BCUT2D eigenvalue weighted by Crippen LogP contribution is -1.85. The number of nitrogen functional groups attached to an aromatic ring is 1. The Balaban J connectivity index is 2.72. The van der Waals surface area contributed by atoms with Crippen molar-refractivity contribution in [3.05, 3.63) is 23.2 Å². The van der Waals surface area contributed by atoms with Crippen molar-refractivity contribution >= 4 is 29.1 Å². The van der Waals surface area contributed by atoms with Crippen LogP contribution >= 0.6 is 23.4 Å². The van der Waals surface area contributed by atoms with Crippen molar-refractivity contribution in [3.8, 4) is 0 Å². The van der Waals surface area contributed by atoms with Crippen LogP contribution in [0.1, 0.15) is 13.3 Å². The van der Waals surface area contributed by atoms with E-state index in [0.717, 1.165) is 22.8 Å². The predicted molar refractivity (Wildman–Crippen MR) is 56.9 cm³/mol. The number of rotatable bonds is 3. The molecule has 0 spiro atoms. The Labute approximate surface area is 82.3 Å². The fraction of sp³-hybridized carbons (Fsp3) is 0.333. The maximum absolute atomic E-state index is 5.84. The van der Waals surface area contributed by atoms with E-state index in [1.807, 2.05) is 12.1 Å². The molecule has 0 saturated carbocycles. The molecule has 12 heavy (non-hydrogen) atoms. The molecule has 0 bridgehead atoms. The highest BCUT2D eigenvalue weighted by molar-refractivity contribution is 7.99. The second kappa shape index (κ2) is 4.63. The molecule has 0 heterocycles. The van der Waals surface area contributed by atoms with Crippen LogP contribution in [-0.4, -0.2) is 5.75 Å². The quantitative estimate of drug-likeness (QED) is 0.599. The smallest absolute Gasteiger partial charge is 0.0437 e. The summed E-state index contributed by atoms with van der Waals surface area (Å²) >= 11 is 7.62. The molecule has 1 nitrogen and oxygen atoms in total. The first-order valence-electron chi connectivity index (χ1n) is 3.91. The van der Waals surface area contributed by atoms with Crippen molar-refractivity contribution in [2.45, 2.75) is 18.2 Å². The normalized spacial score (nSPS) is 10.2. The lowest BCUT2D eigenvalue weighted by molar-refractivity contribution is 1.10. The average molecular weight is 202 g/mol. The van der Waals surface area contributed by atoms with Gasteiger partial charge in [-0.1, -0.05) is 18.5 Å². The second-order valence-corrected chi connectivity index (χ2v) is 4.17. The molecular weight excluding hydrogens is 190 g/mol. The molecule has 0 aliphatic rings. The van der Waals surface area contributed by atoms with Gasteiger partial charge in [0.15, 0.2) is 0 Å². The number of hydrogen-bond donors (Lipinski definition) is 1. The lowest BCUT2D eigenvalue weighted by atomic mass is 10.3. The third-order valence-electron chi connectivity index (χ3n) is 1.37. The molecule has 0 aliphatic heterocycles. The molecule has 1 aromatic carbocycles. The summed E-state index contributed by atoms with van der Waals surface area (Å²) in [5.41, 5.74) is 6.37. The van der Waals surface area contributed by atoms with Gasteiger partial charge in [0.2, 0.25) is 0 Å². The van der Waals surface area contributed by atoms with Gasteiger partial charge < -0.3 is 5.73 Å². The fourth-order valence-corrected chi connectivity index (χ4v) is 2.07. The van der Waals surface area contributed by atoms with E-state index in [4.69, 9.17) is 17.3 Å². The summed E-state index contributed by atoms with van der Waals surface area (Å²) in [6.45, 7) is 2.15. The van der Waals surface area contributed by atoms with E-state index >= 15 is 0 Å². The topological polar surface area (TPSA) is 26.0 Å². The van der Waals surface area contributed by atoms with Crippen LogP contribution in [0.4, 0.5) is 5.69 Å². The minimum atomic E-state index is 0.716. The Morgan fingerprint density at radius 3 is 2.75 bits per heavy atom. The van der Waals surface area contributed by atoms with Crippen LogP contribution in [0.5, 0.6) is 0 Å². The maximum Gasteiger partial charge on any atom is 0.0437 e. The summed E-state index contributed by atoms with van der Waals surface area (Å²) in [7, 11) is 0. The Bertz CT molecular complexity index is 242. The monoisotopic (exact) mass is 201 g/mol. The summed E-state index contributed by atoms with van der Waals surface area (Å²) in [6.07, 6.45) is 1.16. The van der Waals surface area contributed by atoms with Crippen molar-refractivity contribution in [3.63, 3.8) is 0 Å². The highest BCUT2D eigenvalue weighted by atomic mass is 35.5. The first kappa shape index (κ1) is 9.75. The predicted octanol–water partition coefficient (Wildman–Crippen LogP) is 3.42. The first-order valence-corrected chi connectivity index (χ1v) is 5.27. The van der Waals surface area contributed by atoms with Crippen LogP contribution in [0.2, 0.25) is 5.02 Å². The van der Waals surface area contributed by atoms with Crippen LogP contribution in [-0.2, 0) is 0 Å². The van der Waals surface area contributed by atoms with E-state index in [2.05, 4.69) is 6.92 Å². The Morgan fingerprint density at radius 1 is 1.42 bits per heavy atom. The minimum Gasteiger partial charge on any atom is -0.399 e. The lowest BCUT2D eigenvalue weighted by Gasteiger charge is -2.01. The number of halogens is 1. The second-order valence-electron chi connectivity index (χ2n) is 2.57. The molecule has 1 aromatic rings. The summed E-state index contributed by atoms with van der Waals surface area (Å²) in [6, 6.07) is 5.65. The molecule has 1 rings (SSSR count). The summed E-state index contributed by atoms with van der Waals surface area (Å²) < 4.78 is 0. The van der Waals surface area contributed by atoms with Gasteiger partial charge in [-0.2, -0.15) is 0 Å². The van der Waals surface area contributed by atoms with E-state index < -0.39 is 0 Å². The van der Waals surface area contributed by atoms with Crippen LogP contribution < -0.4 is 5.73 Å². The number of anilines is 1.